The normalized spacial score (nSPS) is 11.3. The van der Waals surface area contributed by atoms with Gasteiger partial charge in [-0.2, -0.15) is 0 Å². The van der Waals surface area contributed by atoms with Crippen LogP contribution in [0.2, 0.25) is 0 Å². The topological polar surface area (TPSA) is 63.5 Å². The Morgan fingerprint density at radius 2 is 1.95 bits per heavy atom. The maximum absolute atomic E-state index is 14.0. The van der Waals surface area contributed by atoms with Crippen molar-refractivity contribution in [2.24, 2.45) is 5.41 Å². The lowest BCUT2D eigenvalue weighted by Gasteiger charge is -2.26. The van der Waals surface area contributed by atoms with Crippen LogP contribution in [0.15, 0.2) is 12.1 Å². The Balaban J connectivity index is 3.18. The molecule has 0 aliphatic rings. The number of rotatable bonds is 3. The molecule has 0 unspecified atom stereocenters. The van der Waals surface area contributed by atoms with Gasteiger partial charge >= 0.3 is 0 Å². The molecule has 0 radical (unpaired) electrons. The van der Waals surface area contributed by atoms with Crippen LogP contribution < -0.4 is 0 Å². The molecule has 1 amide bonds. The standard InChI is InChI=1S/C14H19FN2O3/c1-9-6-10(17(19)20)7-11(12(9)15)13(18)16(5)8-14(2,3)4/h6-7H,8H2,1-5H3. The molecule has 1 aromatic rings. The fourth-order valence-electron chi connectivity index (χ4n) is 2.00. The quantitative estimate of drug-likeness (QED) is 0.632. The molecule has 0 bridgehead atoms. The zero-order chi connectivity index (χ0) is 15.7. The van der Waals surface area contributed by atoms with Gasteiger partial charge in [-0.05, 0) is 17.9 Å². The molecule has 0 aromatic heterocycles. The Bertz CT molecular complexity index is 550. The SMILES string of the molecule is Cc1cc([N+](=O)[O-])cc(C(=O)N(C)CC(C)(C)C)c1F. The number of benzene rings is 1. The van der Waals surface area contributed by atoms with Crippen LogP contribution in [-0.2, 0) is 0 Å². The van der Waals surface area contributed by atoms with Crippen molar-refractivity contribution in [2.45, 2.75) is 27.7 Å². The summed E-state index contributed by atoms with van der Waals surface area (Å²) in [5.41, 5.74) is -0.594. The van der Waals surface area contributed by atoms with E-state index in [4.69, 9.17) is 0 Å². The minimum Gasteiger partial charge on any atom is -0.341 e. The lowest BCUT2D eigenvalue weighted by Crippen LogP contribution is -2.35. The van der Waals surface area contributed by atoms with Crippen molar-refractivity contribution < 1.29 is 14.1 Å². The van der Waals surface area contributed by atoms with Crippen molar-refractivity contribution in [1.82, 2.24) is 4.90 Å². The van der Waals surface area contributed by atoms with E-state index in [1.165, 1.54) is 11.8 Å². The highest BCUT2D eigenvalue weighted by atomic mass is 19.1. The number of carbonyl (C=O) groups is 1. The number of halogens is 1. The first-order valence-electron chi connectivity index (χ1n) is 6.23. The Hall–Kier alpha value is -1.98. The van der Waals surface area contributed by atoms with Crippen molar-refractivity contribution in [3.8, 4) is 0 Å². The van der Waals surface area contributed by atoms with Crippen LogP contribution in [0, 0.1) is 28.3 Å². The molecule has 0 aliphatic heterocycles. The predicted molar refractivity (Wildman–Crippen MR) is 74.2 cm³/mol. The van der Waals surface area contributed by atoms with Gasteiger partial charge in [0.05, 0.1) is 10.5 Å². The van der Waals surface area contributed by atoms with E-state index in [0.717, 1.165) is 12.1 Å². The van der Waals surface area contributed by atoms with Gasteiger partial charge in [-0.15, -0.1) is 0 Å². The number of hydrogen-bond donors (Lipinski definition) is 0. The van der Waals surface area contributed by atoms with Crippen molar-refractivity contribution in [2.75, 3.05) is 13.6 Å². The van der Waals surface area contributed by atoms with Gasteiger partial charge in [-0.1, -0.05) is 20.8 Å². The maximum Gasteiger partial charge on any atom is 0.270 e. The van der Waals surface area contributed by atoms with Gasteiger partial charge in [0.2, 0.25) is 0 Å². The number of nitro groups is 1. The Morgan fingerprint density at radius 3 is 2.40 bits per heavy atom. The molecule has 1 rings (SSSR count). The molecule has 0 saturated carbocycles. The van der Waals surface area contributed by atoms with E-state index in [-0.39, 0.29) is 22.2 Å². The van der Waals surface area contributed by atoms with Gasteiger partial charge in [-0.3, -0.25) is 14.9 Å². The van der Waals surface area contributed by atoms with E-state index in [9.17, 15) is 19.3 Å². The molecule has 0 fully saturated rings. The highest BCUT2D eigenvalue weighted by Crippen LogP contribution is 2.23. The molecular formula is C14H19FN2O3. The Kier molecular flexibility index (Phi) is 4.47. The number of non-ortho nitro benzene ring substituents is 1. The van der Waals surface area contributed by atoms with Crippen molar-refractivity contribution in [1.29, 1.82) is 0 Å². The lowest BCUT2D eigenvalue weighted by molar-refractivity contribution is -0.385. The lowest BCUT2D eigenvalue weighted by atomic mass is 9.96. The number of nitrogens with zero attached hydrogens (tertiary/aromatic N) is 2. The second-order valence-electron chi connectivity index (χ2n) is 6.10. The van der Waals surface area contributed by atoms with Gasteiger partial charge in [0.25, 0.3) is 11.6 Å². The summed E-state index contributed by atoms with van der Waals surface area (Å²) in [5.74, 6) is -1.26. The molecule has 5 nitrogen and oxygen atoms in total. The smallest absolute Gasteiger partial charge is 0.270 e. The molecule has 0 spiro atoms. The van der Waals surface area contributed by atoms with Crippen molar-refractivity contribution in [3.05, 3.63) is 39.2 Å². The zero-order valence-corrected chi connectivity index (χ0v) is 12.4. The molecule has 0 atom stereocenters. The van der Waals surface area contributed by atoms with Crippen LogP contribution in [0.3, 0.4) is 0 Å². The molecule has 0 saturated heterocycles. The molecule has 0 aliphatic carbocycles. The van der Waals surface area contributed by atoms with Crippen LogP contribution in [0.5, 0.6) is 0 Å². The average molecular weight is 282 g/mol. The van der Waals surface area contributed by atoms with Crippen LogP contribution in [0.25, 0.3) is 0 Å². The summed E-state index contributed by atoms with van der Waals surface area (Å²) in [7, 11) is 1.56. The van der Waals surface area contributed by atoms with Crippen molar-refractivity contribution in [3.63, 3.8) is 0 Å². The predicted octanol–water partition coefficient (Wildman–Crippen LogP) is 3.16. The fourth-order valence-corrected chi connectivity index (χ4v) is 2.00. The minimum absolute atomic E-state index is 0.0895. The summed E-state index contributed by atoms with van der Waals surface area (Å²) < 4.78 is 14.0. The summed E-state index contributed by atoms with van der Waals surface area (Å²) in [6.07, 6.45) is 0. The van der Waals surface area contributed by atoms with E-state index < -0.39 is 16.6 Å². The first kappa shape index (κ1) is 16.1. The van der Waals surface area contributed by atoms with Crippen LogP contribution in [0.4, 0.5) is 10.1 Å². The third-order valence-electron chi connectivity index (χ3n) is 2.74. The van der Waals surface area contributed by atoms with E-state index >= 15 is 0 Å². The summed E-state index contributed by atoms with van der Waals surface area (Å²) in [4.78, 5) is 23.8. The monoisotopic (exact) mass is 282 g/mol. The Labute approximate surface area is 117 Å². The molecule has 0 heterocycles. The molecule has 110 valence electrons. The van der Waals surface area contributed by atoms with E-state index in [2.05, 4.69) is 0 Å². The maximum atomic E-state index is 14.0. The third-order valence-corrected chi connectivity index (χ3v) is 2.74. The van der Waals surface area contributed by atoms with Gasteiger partial charge < -0.3 is 4.90 Å². The highest BCUT2D eigenvalue weighted by molar-refractivity contribution is 5.95. The van der Waals surface area contributed by atoms with E-state index in [1.54, 1.807) is 7.05 Å². The van der Waals surface area contributed by atoms with E-state index in [1.807, 2.05) is 20.8 Å². The van der Waals surface area contributed by atoms with Crippen molar-refractivity contribution >= 4 is 11.6 Å². The second kappa shape index (κ2) is 5.56. The average Bonchev–Trinajstić information content (AvgIpc) is 2.29. The van der Waals surface area contributed by atoms with E-state index in [0.29, 0.717) is 6.54 Å². The fraction of sp³-hybridized carbons (Fsp3) is 0.500. The van der Waals surface area contributed by atoms with Gasteiger partial charge in [0, 0.05) is 25.7 Å². The number of carbonyl (C=O) groups excluding carboxylic acids is 1. The van der Waals surface area contributed by atoms with Crippen LogP contribution in [0.1, 0.15) is 36.7 Å². The molecule has 0 N–H and O–H groups in total. The number of aryl methyl sites for hydroxylation is 1. The molecule has 20 heavy (non-hydrogen) atoms. The first-order valence-corrected chi connectivity index (χ1v) is 6.23. The van der Waals surface area contributed by atoms with Gasteiger partial charge in [0.15, 0.2) is 0 Å². The summed E-state index contributed by atoms with van der Waals surface area (Å²) in [5, 5.41) is 10.8. The summed E-state index contributed by atoms with van der Waals surface area (Å²) in [6.45, 7) is 7.68. The Morgan fingerprint density at radius 1 is 1.40 bits per heavy atom. The van der Waals surface area contributed by atoms with Crippen LogP contribution >= 0.6 is 0 Å². The molecule has 1 aromatic carbocycles. The zero-order valence-electron chi connectivity index (χ0n) is 12.4. The van der Waals surface area contributed by atoms with Crippen LogP contribution in [-0.4, -0.2) is 29.3 Å². The first-order chi connectivity index (χ1) is 9.03. The number of hydrogen-bond acceptors (Lipinski definition) is 3. The summed E-state index contributed by atoms with van der Waals surface area (Å²) in [6, 6.07) is 2.11. The molecule has 6 heteroatoms. The number of amides is 1. The largest absolute Gasteiger partial charge is 0.341 e. The highest BCUT2D eigenvalue weighted by Gasteiger charge is 2.24. The van der Waals surface area contributed by atoms with Gasteiger partial charge in [-0.25, -0.2) is 4.39 Å². The third kappa shape index (κ3) is 3.76. The number of nitro benzene ring substituents is 1. The van der Waals surface area contributed by atoms with Gasteiger partial charge in [0.1, 0.15) is 5.82 Å². The molecular weight excluding hydrogens is 263 g/mol. The summed E-state index contributed by atoms with van der Waals surface area (Å²) >= 11 is 0. The minimum atomic E-state index is -0.707. The second-order valence-corrected chi connectivity index (χ2v) is 6.10.